The van der Waals surface area contributed by atoms with Crippen molar-refractivity contribution >= 4 is 46.4 Å². The molecule has 0 aliphatic rings. The van der Waals surface area contributed by atoms with E-state index in [1.807, 2.05) is 27.7 Å². The Bertz CT molecular complexity index is 728. The predicted octanol–water partition coefficient (Wildman–Crippen LogP) is 1.70. The van der Waals surface area contributed by atoms with Gasteiger partial charge >= 0.3 is 0 Å². The molecule has 0 heterocycles. The summed E-state index contributed by atoms with van der Waals surface area (Å²) >= 11 is 2.05. The highest BCUT2D eigenvalue weighted by Gasteiger charge is 2.22. The molecule has 1 atom stereocenters. The van der Waals surface area contributed by atoms with Crippen molar-refractivity contribution in [2.45, 2.75) is 77.0 Å². The minimum atomic E-state index is -1.13. The van der Waals surface area contributed by atoms with Crippen molar-refractivity contribution in [3.05, 3.63) is 12.2 Å². The van der Waals surface area contributed by atoms with Crippen LogP contribution in [0.3, 0.4) is 0 Å². The quantitative estimate of drug-likeness (QED) is 0.0739. The lowest BCUT2D eigenvalue weighted by molar-refractivity contribution is -0.127. The Morgan fingerprint density at radius 1 is 1.16 bits per heavy atom. The van der Waals surface area contributed by atoms with Gasteiger partial charge < -0.3 is 21.1 Å². The summed E-state index contributed by atoms with van der Waals surface area (Å²) in [5.41, 5.74) is 4.75. The Balaban J connectivity index is 4.31. The lowest BCUT2D eigenvalue weighted by atomic mass is 10.00. The van der Waals surface area contributed by atoms with Crippen molar-refractivity contribution in [1.82, 2.24) is 14.2 Å². The molecule has 0 aromatic heterocycles. The molecule has 174 valence electrons. The first-order chi connectivity index (χ1) is 14.2. The number of amides is 3. The van der Waals surface area contributed by atoms with Crippen LogP contribution in [0.5, 0.6) is 0 Å². The number of halogens is 1. The molecule has 9 nitrogen and oxygen atoms in total. The smallest absolute Gasteiger partial charge is 0.252 e. The summed E-state index contributed by atoms with van der Waals surface area (Å²) in [4.78, 5) is 35.0. The van der Waals surface area contributed by atoms with E-state index >= 15 is 0 Å². The van der Waals surface area contributed by atoms with Gasteiger partial charge in [0, 0.05) is 41.2 Å². The van der Waals surface area contributed by atoms with E-state index in [1.54, 1.807) is 0 Å². The molecular formula is C21H34IN5O4. The number of amidine groups is 1. The maximum atomic E-state index is 12.0. The number of hydrogen-bond acceptors (Lipinski definition) is 6. The van der Waals surface area contributed by atoms with Crippen molar-refractivity contribution in [3.8, 4) is 12.3 Å². The lowest BCUT2D eigenvalue weighted by Gasteiger charge is -2.25. The minimum Gasteiger partial charge on any atom is -0.375 e. The topological polar surface area (TPSA) is 146 Å². The van der Waals surface area contributed by atoms with Crippen LogP contribution in [0.1, 0.15) is 59.8 Å². The van der Waals surface area contributed by atoms with Crippen LogP contribution in [0, 0.1) is 17.8 Å². The van der Waals surface area contributed by atoms with Gasteiger partial charge in [0.2, 0.25) is 11.8 Å². The van der Waals surface area contributed by atoms with E-state index in [0.717, 1.165) is 0 Å². The Hall–Kier alpha value is -1.97. The standard InChI is InChI=1S/C21H34IN5O4/c1-7-15(19(24)30)25-16(28)9-12-21(5,6)31-13-10-14(2)18(23)26-17(29)8-11-20(3,4)27-22/h1,15,27H,2,8-13H2,3-6H3,(H2,24,30)(H,25,28)(H2,23,26,29). The molecular weight excluding hydrogens is 513 g/mol. The zero-order valence-electron chi connectivity index (χ0n) is 18.7. The third-order valence-corrected chi connectivity index (χ3v) is 5.92. The Labute approximate surface area is 198 Å². The molecule has 0 aliphatic heterocycles. The highest BCUT2D eigenvalue weighted by atomic mass is 127. The highest BCUT2D eigenvalue weighted by Crippen LogP contribution is 2.18. The zero-order valence-corrected chi connectivity index (χ0v) is 20.9. The van der Waals surface area contributed by atoms with E-state index in [1.165, 1.54) is 0 Å². The first kappa shape index (κ1) is 29.0. The highest BCUT2D eigenvalue weighted by molar-refractivity contribution is 14.1. The molecule has 0 spiro atoms. The van der Waals surface area contributed by atoms with Gasteiger partial charge in [-0.15, -0.1) is 6.42 Å². The van der Waals surface area contributed by atoms with Crippen molar-refractivity contribution < 1.29 is 19.1 Å². The number of ether oxygens (including phenoxy) is 1. The molecule has 31 heavy (non-hydrogen) atoms. The van der Waals surface area contributed by atoms with Crippen LogP contribution in [-0.4, -0.2) is 47.3 Å². The molecule has 0 fully saturated rings. The van der Waals surface area contributed by atoms with E-state index in [-0.39, 0.29) is 30.3 Å². The first-order valence-electron chi connectivity index (χ1n) is 9.86. The molecule has 0 saturated heterocycles. The number of nitrogens with two attached hydrogens (primary N) is 1. The van der Waals surface area contributed by atoms with Gasteiger partial charge in [-0.2, -0.15) is 0 Å². The van der Waals surface area contributed by atoms with Crippen LogP contribution in [0.4, 0.5) is 0 Å². The molecule has 3 amide bonds. The Kier molecular flexibility index (Phi) is 12.6. The number of primary amides is 1. The number of rotatable bonds is 14. The fourth-order valence-electron chi connectivity index (χ4n) is 2.25. The van der Waals surface area contributed by atoms with Crippen molar-refractivity contribution in [2.75, 3.05) is 6.61 Å². The largest absolute Gasteiger partial charge is 0.375 e. The van der Waals surface area contributed by atoms with Gasteiger partial charge in [-0.3, -0.25) is 23.3 Å². The summed E-state index contributed by atoms with van der Waals surface area (Å²) in [7, 11) is 0. The lowest BCUT2D eigenvalue weighted by Crippen LogP contribution is -2.43. The summed E-state index contributed by atoms with van der Waals surface area (Å²) in [6.07, 6.45) is 6.92. The monoisotopic (exact) mass is 547 g/mol. The average Bonchev–Trinajstić information content (AvgIpc) is 2.68. The van der Waals surface area contributed by atoms with Crippen molar-refractivity contribution in [2.24, 2.45) is 5.73 Å². The van der Waals surface area contributed by atoms with Crippen LogP contribution in [0.15, 0.2) is 12.2 Å². The fraction of sp³-hybridized carbons (Fsp3) is 0.619. The van der Waals surface area contributed by atoms with Gasteiger partial charge in [0.05, 0.1) is 12.2 Å². The SMILES string of the molecule is C#CC(NC(=O)CCC(C)(C)OCCC(=C)C(=N)NC(=O)CCC(C)(C)NI)C(N)=O. The molecule has 0 bridgehead atoms. The van der Waals surface area contributed by atoms with E-state index in [4.69, 9.17) is 22.3 Å². The maximum absolute atomic E-state index is 12.0. The molecule has 0 aromatic rings. The summed E-state index contributed by atoms with van der Waals surface area (Å²) in [5.74, 6) is 0.669. The van der Waals surface area contributed by atoms with E-state index in [0.29, 0.717) is 31.3 Å². The third kappa shape index (κ3) is 13.1. The number of carbonyl (C=O) groups is 3. The molecule has 0 aromatic carbocycles. The number of nitrogens with one attached hydrogen (secondary N) is 4. The van der Waals surface area contributed by atoms with Gasteiger partial charge in [0.1, 0.15) is 5.84 Å². The Morgan fingerprint density at radius 3 is 2.26 bits per heavy atom. The average molecular weight is 547 g/mol. The van der Waals surface area contributed by atoms with Crippen LogP contribution < -0.4 is 19.9 Å². The third-order valence-electron chi connectivity index (χ3n) is 4.46. The second-order valence-electron chi connectivity index (χ2n) is 8.43. The molecule has 1 unspecified atom stereocenters. The summed E-state index contributed by atoms with van der Waals surface area (Å²) < 4.78 is 8.90. The molecule has 0 rings (SSSR count). The molecule has 10 heteroatoms. The fourth-order valence-corrected chi connectivity index (χ4v) is 2.52. The van der Waals surface area contributed by atoms with E-state index in [9.17, 15) is 14.4 Å². The molecule has 6 N–H and O–H groups in total. The molecule has 0 aliphatic carbocycles. The van der Waals surface area contributed by atoms with Crippen LogP contribution in [0.25, 0.3) is 0 Å². The summed E-state index contributed by atoms with van der Waals surface area (Å²) in [6.45, 7) is 11.7. The molecule has 0 radical (unpaired) electrons. The maximum Gasteiger partial charge on any atom is 0.252 e. The number of hydrogen-bond donors (Lipinski definition) is 5. The number of carbonyl (C=O) groups excluding carboxylic acids is 3. The van der Waals surface area contributed by atoms with E-state index in [2.05, 4.69) is 49.5 Å². The van der Waals surface area contributed by atoms with Gasteiger partial charge in [-0.25, -0.2) is 0 Å². The summed E-state index contributed by atoms with van der Waals surface area (Å²) in [5, 5.41) is 12.9. The minimum absolute atomic E-state index is 0.0298. The zero-order chi connectivity index (χ0) is 24.2. The van der Waals surface area contributed by atoms with Crippen LogP contribution in [-0.2, 0) is 19.1 Å². The van der Waals surface area contributed by atoms with Crippen LogP contribution in [0.2, 0.25) is 0 Å². The second kappa shape index (κ2) is 13.4. The first-order valence-corrected chi connectivity index (χ1v) is 10.9. The van der Waals surface area contributed by atoms with Crippen molar-refractivity contribution in [3.63, 3.8) is 0 Å². The van der Waals surface area contributed by atoms with E-state index < -0.39 is 23.5 Å². The second-order valence-corrected chi connectivity index (χ2v) is 8.97. The molecule has 0 saturated carbocycles. The predicted molar refractivity (Wildman–Crippen MR) is 129 cm³/mol. The number of terminal acetylenes is 1. The normalized spacial score (nSPS) is 12.4. The van der Waals surface area contributed by atoms with Crippen molar-refractivity contribution in [1.29, 1.82) is 5.41 Å². The van der Waals surface area contributed by atoms with Gasteiger partial charge in [-0.05, 0) is 52.5 Å². The Morgan fingerprint density at radius 2 is 1.74 bits per heavy atom. The van der Waals surface area contributed by atoms with Gasteiger partial charge in [0.15, 0.2) is 6.04 Å². The van der Waals surface area contributed by atoms with Gasteiger partial charge in [0.25, 0.3) is 5.91 Å². The van der Waals surface area contributed by atoms with Gasteiger partial charge in [-0.1, -0.05) is 12.5 Å². The summed E-state index contributed by atoms with van der Waals surface area (Å²) in [6, 6.07) is -1.13. The van der Waals surface area contributed by atoms with Crippen LogP contribution >= 0.6 is 22.9 Å².